The lowest BCUT2D eigenvalue weighted by Gasteiger charge is -2.29. The number of benzene rings is 1. The quantitative estimate of drug-likeness (QED) is 0.860. The van der Waals surface area contributed by atoms with Crippen molar-refractivity contribution in [2.24, 2.45) is 0 Å². The van der Waals surface area contributed by atoms with Gasteiger partial charge in [0.1, 0.15) is 5.82 Å². The van der Waals surface area contributed by atoms with E-state index in [4.69, 9.17) is 0 Å². The van der Waals surface area contributed by atoms with Crippen LogP contribution in [0.5, 0.6) is 0 Å². The Labute approximate surface area is 119 Å². The summed E-state index contributed by atoms with van der Waals surface area (Å²) in [4.78, 5) is 12.1. The zero-order valence-corrected chi connectivity index (χ0v) is 12.9. The fraction of sp³-hybridized carbons (Fsp3) is 0.533. The average Bonchev–Trinajstić information content (AvgIpc) is 2.44. The number of aryl methyl sites for hydroxylation is 1. The molecule has 1 N–H and O–H groups in total. The number of hydrogen-bond donors (Lipinski definition) is 1. The van der Waals surface area contributed by atoms with Crippen molar-refractivity contribution in [2.45, 2.75) is 38.4 Å². The Bertz CT molecular complexity index is 436. The average molecular weight is 283 g/mol. The van der Waals surface area contributed by atoms with E-state index in [0.29, 0.717) is 12.1 Å². The largest absolute Gasteiger partial charge is 0.351 e. The highest BCUT2D eigenvalue weighted by molar-refractivity contribution is 8.00. The molecular formula is C15H22FNOS. The first-order valence-electron chi connectivity index (χ1n) is 6.58. The van der Waals surface area contributed by atoms with Crippen LogP contribution >= 0.6 is 11.8 Å². The fourth-order valence-electron chi connectivity index (χ4n) is 2.02. The highest BCUT2D eigenvalue weighted by Crippen LogP contribution is 2.29. The molecule has 0 atom stereocenters. The minimum absolute atomic E-state index is 0.0377. The van der Waals surface area contributed by atoms with Crippen LogP contribution in [0.4, 0.5) is 4.39 Å². The van der Waals surface area contributed by atoms with E-state index in [1.807, 2.05) is 6.26 Å². The maximum absolute atomic E-state index is 13.9. The van der Waals surface area contributed by atoms with Crippen molar-refractivity contribution >= 4 is 17.7 Å². The van der Waals surface area contributed by atoms with E-state index >= 15 is 0 Å². The molecule has 1 aromatic carbocycles. The van der Waals surface area contributed by atoms with Crippen LogP contribution in [-0.2, 0) is 0 Å². The Morgan fingerprint density at radius 2 is 2.00 bits per heavy atom. The molecule has 0 aliphatic heterocycles. The van der Waals surface area contributed by atoms with Gasteiger partial charge in [0.05, 0.1) is 5.56 Å². The lowest BCUT2D eigenvalue weighted by atomic mass is 10.0. The maximum atomic E-state index is 13.9. The second kappa shape index (κ2) is 6.94. The van der Waals surface area contributed by atoms with Crippen molar-refractivity contribution in [3.8, 4) is 0 Å². The Morgan fingerprint density at radius 3 is 2.53 bits per heavy atom. The number of thioether (sulfide) groups is 1. The van der Waals surface area contributed by atoms with Crippen molar-refractivity contribution in [1.82, 2.24) is 5.32 Å². The third-order valence-corrected chi connectivity index (χ3v) is 5.32. The summed E-state index contributed by atoms with van der Waals surface area (Å²) in [5.74, 6) is -0.760. The van der Waals surface area contributed by atoms with Gasteiger partial charge >= 0.3 is 0 Å². The lowest BCUT2D eigenvalue weighted by molar-refractivity contribution is 0.0944. The Hall–Kier alpha value is -1.03. The van der Waals surface area contributed by atoms with Gasteiger partial charge in [0, 0.05) is 11.3 Å². The van der Waals surface area contributed by atoms with Crippen molar-refractivity contribution in [1.29, 1.82) is 0 Å². The molecule has 0 bridgehead atoms. The molecule has 0 aromatic heterocycles. The predicted octanol–water partition coefficient (Wildman–Crippen LogP) is 3.79. The normalized spacial score (nSPS) is 11.4. The third kappa shape index (κ3) is 3.72. The van der Waals surface area contributed by atoms with Gasteiger partial charge in [-0.05, 0) is 37.7 Å². The van der Waals surface area contributed by atoms with Gasteiger partial charge in [0.25, 0.3) is 5.91 Å². The molecular weight excluding hydrogens is 261 g/mol. The molecule has 0 aliphatic rings. The number of hydrogen-bond acceptors (Lipinski definition) is 2. The molecule has 0 saturated carbocycles. The first-order chi connectivity index (χ1) is 8.99. The SMILES string of the molecule is CCC(CC)(CNC(=O)c1cccc(C)c1F)SC. The number of halogens is 1. The molecule has 2 nitrogen and oxygen atoms in total. The first-order valence-corrected chi connectivity index (χ1v) is 7.80. The Kier molecular flexibility index (Phi) is 5.85. The summed E-state index contributed by atoms with van der Waals surface area (Å²) < 4.78 is 13.9. The van der Waals surface area contributed by atoms with Crippen molar-refractivity contribution in [3.05, 3.63) is 35.1 Å². The van der Waals surface area contributed by atoms with Gasteiger partial charge in [0.15, 0.2) is 0 Å². The molecule has 0 aliphatic carbocycles. The molecule has 0 fully saturated rings. The van der Waals surface area contributed by atoms with Gasteiger partial charge in [-0.15, -0.1) is 0 Å². The van der Waals surface area contributed by atoms with Gasteiger partial charge < -0.3 is 5.32 Å². The number of carbonyl (C=O) groups is 1. The zero-order chi connectivity index (χ0) is 14.5. The van der Waals surface area contributed by atoms with Crippen LogP contribution in [-0.4, -0.2) is 23.5 Å². The Morgan fingerprint density at radius 1 is 1.37 bits per heavy atom. The summed E-state index contributed by atoms with van der Waals surface area (Å²) >= 11 is 1.75. The van der Waals surface area contributed by atoms with E-state index in [-0.39, 0.29) is 16.2 Å². The highest BCUT2D eigenvalue weighted by Gasteiger charge is 2.26. The molecule has 1 aromatic rings. The second-order valence-corrected chi connectivity index (χ2v) is 5.99. The monoisotopic (exact) mass is 283 g/mol. The summed E-state index contributed by atoms with van der Waals surface area (Å²) in [6, 6.07) is 4.89. The van der Waals surface area contributed by atoms with Crippen LogP contribution in [0.15, 0.2) is 18.2 Å². The molecule has 1 amide bonds. The number of carbonyl (C=O) groups excluding carboxylic acids is 1. The van der Waals surface area contributed by atoms with E-state index in [0.717, 1.165) is 12.8 Å². The van der Waals surface area contributed by atoms with Gasteiger partial charge in [-0.3, -0.25) is 4.79 Å². The second-order valence-electron chi connectivity index (χ2n) is 4.71. The molecule has 1 rings (SSSR count). The highest BCUT2D eigenvalue weighted by atomic mass is 32.2. The minimum Gasteiger partial charge on any atom is -0.351 e. The Balaban J connectivity index is 2.78. The summed E-state index contributed by atoms with van der Waals surface area (Å²) in [7, 11) is 0. The summed E-state index contributed by atoms with van der Waals surface area (Å²) in [5, 5.41) is 2.86. The third-order valence-electron chi connectivity index (χ3n) is 3.73. The molecule has 0 heterocycles. The smallest absolute Gasteiger partial charge is 0.254 e. The van der Waals surface area contributed by atoms with Crippen LogP contribution in [0.25, 0.3) is 0 Å². The van der Waals surface area contributed by atoms with Gasteiger partial charge in [-0.25, -0.2) is 4.39 Å². The van der Waals surface area contributed by atoms with Crippen LogP contribution in [0, 0.1) is 12.7 Å². The molecule has 106 valence electrons. The predicted molar refractivity (Wildman–Crippen MR) is 80.3 cm³/mol. The minimum atomic E-state index is -0.428. The molecule has 0 saturated heterocycles. The standard InChI is InChI=1S/C15H22FNOS/c1-5-15(6-2,19-4)10-17-14(18)12-9-7-8-11(3)13(12)16/h7-9H,5-6,10H2,1-4H3,(H,17,18). The van der Waals surface area contributed by atoms with Crippen molar-refractivity contribution in [3.63, 3.8) is 0 Å². The molecule has 0 spiro atoms. The summed E-state index contributed by atoms with van der Waals surface area (Å²) in [6.45, 7) is 6.45. The van der Waals surface area contributed by atoms with Crippen LogP contribution in [0.1, 0.15) is 42.6 Å². The number of rotatable bonds is 6. The number of nitrogens with one attached hydrogen (secondary N) is 1. The summed E-state index contributed by atoms with van der Waals surface area (Å²) in [5.41, 5.74) is 0.622. The van der Waals surface area contributed by atoms with Crippen molar-refractivity contribution < 1.29 is 9.18 Å². The molecule has 19 heavy (non-hydrogen) atoms. The van der Waals surface area contributed by atoms with Crippen LogP contribution in [0.3, 0.4) is 0 Å². The van der Waals surface area contributed by atoms with Crippen LogP contribution < -0.4 is 5.32 Å². The van der Waals surface area contributed by atoms with Gasteiger partial charge in [-0.1, -0.05) is 26.0 Å². The molecule has 0 radical (unpaired) electrons. The van der Waals surface area contributed by atoms with Gasteiger partial charge in [-0.2, -0.15) is 11.8 Å². The zero-order valence-electron chi connectivity index (χ0n) is 12.0. The first kappa shape index (κ1) is 16.0. The summed E-state index contributed by atoms with van der Waals surface area (Å²) in [6.07, 6.45) is 3.99. The molecule has 4 heteroatoms. The molecule has 0 unspecified atom stereocenters. The maximum Gasteiger partial charge on any atom is 0.254 e. The van der Waals surface area contributed by atoms with Crippen molar-refractivity contribution in [2.75, 3.05) is 12.8 Å². The van der Waals surface area contributed by atoms with Gasteiger partial charge in [0.2, 0.25) is 0 Å². The lowest BCUT2D eigenvalue weighted by Crippen LogP contribution is -2.39. The van der Waals surface area contributed by atoms with E-state index in [1.165, 1.54) is 6.07 Å². The van der Waals surface area contributed by atoms with E-state index in [2.05, 4.69) is 19.2 Å². The van der Waals surface area contributed by atoms with E-state index < -0.39 is 5.82 Å². The fourth-order valence-corrected chi connectivity index (χ4v) is 2.81. The van der Waals surface area contributed by atoms with Crippen LogP contribution in [0.2, 0.25) is 0 Å². The topological polar surface area (TPSA) is 29.1 Å². The number of amides is 1. The van der Waals surface area contributed by atoms with E-state index in [9.17, 15) is 9.18 Å². The van der Waals surface area contributed by atoms with E-state index in [1.54, 1.807) is 30.8 Å².